The number of halogens is 2. The van der Waals surface area contributed by atoms with E-state index in [1.165, 1.54) is 12.1 Å². The van der Waals surface area contributed by atoms with E-state index in [9.17, 15) is 14.0 Å². The summed E-state index contributed by atoms with van der Waals surface area (Å²) in [5.74, 6) is -1.60. The number of fused-ring (bicyclic) bond motifs is 1. The molecule has 0 radical (unpaired) electrons. The van der Waals surface area contributed by atoms with Crippen molar-refractivity contribution in [3.63, 3.8) is 0 Å². The van der Waals surface area contributed by atoms with Crippen molar-refractivity contribution >= 4 is 38.6 Å². The number of nitrogens with zero attached hydrogens (tertiary/aromatic N) is 1. The fourth-order valence-electron chi connectivity index (χ4n) is 2.46. The van der Waals surface area contributed by atoms with Gasteiger partial charge in [-0.25, -0.2) is 4.39 Å². The SMILES string of the molecule is Cn1cc(C(=O)NNC(=O)c2cc(F)cc(Br)c2)c2ccccc21. The standard InChI is InChI=1S/C17H13BrFN3O2/c1-22-9-14(13-4-2-3-5-15(13)22)17(24)21-20-16(23)10-6-11(18)8-12(19)7-10/h2-9H,1H3,(H,20,23)(H,21,24). The Morgan fingerprint density at radius 1 is 1.08 bits per heavy atom. The zero-order chi connectivity index (χ0) is 17.3. The van der Waals surface area contributed by atoms with Gasteiger partial charge in [0, 0.05) is 34.2 Å². The Bertz CT molecular complexity index is 932. The molecule has 2 aromatic carbocycles. The number of carbonyl (C=O) groups is 2. The van der Waals surface area contributed by atoms with E-state index in [0.29, 0.717) is 10.0 Å². The van der Waals surface area contributed by atoms with Crippen LogP contribution in [-0.2, 0) is 7.05 Å². The Morgan fingerprint density at radius 3 is 2.54 bits per heavy atom. The van der Waals surface area contributed by atoms with Crippen LogP contribution in [0, 0.1) is 5.82 Å². The molecule has 0 unspecified atom stereocenters. The van der Waals surface area contributed by atoms with Gasteiger partial charge in [0.15, 0.2) is 0 Å². The molecule has 0 aliphatic carbocycles. The Balaban J connectivity index is 1.76. The summed E-state index contributed by atoms with van der Waals surface area (Å²) in [6, 6.07) is 11.2. The van der Waals surface area contributed by atoms with Gasteiger partial charge >= 0.3 is 0 Å². The number of amides is 2. The van der Waals surface area contributed by atoms with E-state index in [0.717, 1.165) is 17.0 Å². The topological polar surface area (TPSA) is 63.1 Å². The summed E-state index contributed by atoms with van der Waals surface area (Å²) in [6.07, 6.45) is 1.69. The zero-order valence-electron chi connectivity index (χ0n) is 12.6. The van der Waals surface area contributed by atoms with Crippen LogP contribution in [0.4, 0.5) is 4.39 Å². The quantitative estimate of drug-likeness (QED) is 0.661. The normalized spacial score (nSPS) is 10.6. The highest BCUT2D eigenvalue weighted by Gasteiger charge is 2.15. The largest absolute Gasteiger partial charge is 0.350 e. The minimum absolute atomic E-state index is 0.0973. The molecule has 0 fully saturated rings. The molecule has 24 heavy (non-hydrogen) atoms. The molecule has 2 amide bonds. The van der Waals surface area contributed by atoms with Crippen molar-refractivity contribution in [2.24, 2.45) is 7.05 Å². The fourth-order valence-corrected chi connectivity index (χ4v) is 2.93. The van der Waals surface area contributed by atoms with Crippen LogP contribution in [0.1, 0.15) is 20.7 Å². The van der Waals surface area contributed by atoms with Gasteiger partial charge < -0.3 is 4.57 Å². The second-order valence-corrected chi connectivity index (χ2v) is 6.15. The van der Waals surface area contributed by atoms with Crippen molar-refractivity contribution < 1.29 is 14.0 Å². The number of hydrazine groups is 1. The second-order valence-electron chi connectivity index (χ2n) is 5.24. The van der Waals surface area contributed by atoms with E-state index >= 15 is 0 Å². The molecule has 0 spiro atoms. The molecule has 5 nitrogen and oxygen atoms in total. The molecule has 0 saturated heterocycles. The molecule has 0 bridgehead atoms. The second kappa shape index (κ2) is 6.45. The van der Waals surface area contributed by atoms with Crippen LogP contribution in [0.2, 0.25) is 0 Å². The van der Waals surface area contributed by atoms with Gasteiger partial charge in [0.2, 0.25) is 0 Å². The molecule has 3 aromatic rings. The van der Waals surface area contributed by atoms with Crippen molar-refractivity contribution in [3.05, 3.63) is 70.1 Å². The van der Waals surface area contributed by atoms with Crippen LogP contribution in [-0.4, -0.2) is 16.4 Å². The first kappa shape index (κ1) is 16.2. The average Bonchev–Trinajstić information content (AvgIpc) is 2.89. The number of aryl methyl sites for hydroxylation is 1. The maximum atomic E-state index is 13.3. The molecule has 2 N–H and O–H groups in total. The molecular formula is C17H13BrFN3O2. The molecule has 1 heterocycles. The van der Waals surface area contributed by atoms with E-state index in [4.69, 9.17) is 0 Å². The highest BCUT2D eigenvalue weighted by Crippen LogP contribution is 2.20. The van der Waals surface area contributed by atoms with Gasteiger partial charge in [-0.05, 0) is 24.3 Å². The van der Waals surface area contributed by atoms with Gasteiger partial charge in [-0.1, -0.05) is 34.1 Å². The van der Waals surface area contributed by atoms with Gasteiger partial charge in [0.1, 0.15) is 5.82 Å². The predicted molar refractivity (Wildman–Crippen MR) is 92.0 cm³/mol. The summed E-state index contributed by atoms with van der Waals surface area (Å²) in [4.78, 5) is 24.4. The van der Waals surface area contributed by atoms with Crippen LogP contribution in [0.15, 0.2) is 53.1 Å². The highest BCUT2D eigenvalue weighted by molar-refractivity contribution is 9.10. The van der Waals surface area contributed by atoms with Crippen LogP contribution in [0.25, 0.3) is 10.9 Å². The third-order valence-electron chi connectivity index (χ3n) is 3.56. The van der Waals surface area contributed by atoms with E-state index < -0.39 is 17.6 Å². The summed E-state index contributed by atoms with van der Waals surface area (Å²) in [5.41, 5.74) is 6.08. The Labute approximate surface area is 145 Å². The minimum atomic E-state index is -0.608. The number of benzene rings is 2. The summed E-state index contributed by atoms with van der Waals surface area (Å²) in [7, 11) is 1.84. The lowest BCUT2D eigenvalue weighted by Gasteiger charge is -2.07. The first-order valence-electron chi connectivity index (χ1n) is 7.06. The van der Waals surface area contributed by atoms with E-state index in [2.05, 4.69) is 26.8 Å². The first-order chi connectivity index (χ1) is 11.5. The maximum Gasteiger partial charge on any atom is 0.271 e. The third kappa shape index (κ3) is 3.16. The Kier molecular flexibility index (Phi) is 4.35. The van der Waals surface area contributed by atoms with E-state index in [-0.39, 0.29) is 5.56 Å². The van der Waals surface area contributed by atoms with Crippen LogP contribution < -0.4 is 10.9 Å². The number of nitrogens with one attached hydrogen (secondary N) is 2. The van der Waals surface area contributed by atoms with Crippen molar-refractivity contribution in [2.75, 3.05) is 0 Å². The molecule has 122 valence electrons. The van der Waals surface area contributed by atoms with Crippen molar-refractivity contribution in [3.8, 4) is 0 Å². The molecule has 0 atom stereocenters. The van der Waals surface area contributed by atoms with Crippen LogP contribution >= 0.6 is 15.9 Å². The number of carbonyl (C=O) groups excluding carboxylic acids is 2. The molecule has 3 rings (SSSR count). The van der Waals surface area contributed by atoms with Crippen LogP contribution in [0.5, 0.6) is 0 Å². The molecule has 0 aliphatic heterocycles. The zero-order valence-corrected chi connectivity index (χ0v) is 14.2. The lowest BCUT2D eigenvalue weighted by atomic mass is 10.2. The average molecular weight is 390 g/mol. The number of hydrogen-bond acceptors (Lipinski definition) is 2. The predicted octanol–water partition coefficient (Wildman–Crippen LogP) is 3.15. The minimum Gasteiger partial charge on any atom is -0.350 e. The highest BCUT2D eigenvalue weighted by atomic mass is 79.9. The molecular weight excluding hydrogens is 377 g/mol. The van der Waals surface area contributed by atoms with Gasteiger partial charge in [0.05, 0.1) is 5.56 Å². The summed E-state index contributed by atoms with van der Waals surface area (Å²) in [6.45, 7) is 0. The Morgan fingerprint density at radius 2 is 1.79 bits per heavy atom. The van der Waals surface area contributed by atoms with Gasteiger partial charge in [-0.3, -0.25) is 20.4 Å². The number of hydrogen-bond donors (Lipinski definition) is 2. The number of para-hydroxylation sites is 1. The van der Waals surface area contributed by atoms with E-state index in [1.807, 2.05) is 35.9 Å². The first-order valence-corrected chi connectivity index (χ1v) is 7.86. The summed E-state index contributed by atoms with van der Waals surface area (Å²) >= 11 is 3.12. The lowest BCUT2D eigenvalue weighted by molar-refractivity contribution is 0.0847. The van der Waals surface area contributed by atoms with Crippen LogP contribution in [0.3, 0.4) is 0 Å². The van der Waals surface area contributed by atoms with Crippen molar-refractivity contribution in [1.82, 2.24) is 15.4 Å². The molecule has 1 aromatic heterocycles. The molecule has 7 heteroatoms. The monoisotopic (exact) mass is 389 g/mol. The maximum absolute atomic E-state index is 13.3. The summed E-state index contributed by atoms with van der Waals surface area (Å²) < 4.78 is 15.6. The number of aromatic nitrogens is 1. The third-order valence-corrected chi connectivity index (χ3v) is 4.01. The van der Waals surface area contributed by atoms with Gasteiger partial charge in [-0.15, -0.1) is 0 Å². The molecule has 0 aliphatic rings. The van der Waals surface area contributed by atoms with Gasteiger partial charge in [0.25, 0.3) is 11.8 Å². The summed E-state index contributed by atoms with van der Waals surface area (Å²) in [5, 5.41) is 0.778. The van der Waals surface area contributed by atoms with Crippen molar-refractivity contribution in [2.45, 2.75) is 0 Å². The molecule has 0 saturated carbocycles. The smallest absolute Gasteiger partial charge is 0.271 e. The van der Waals surface area contributed by atoms with E-state index in [1.54, 1.807) is 6.20 Å². The number of rotatable bonds is 2. The van der Waals surface area contributed by atoms with Gasteiger partial charge in [-0.2, -0.15) is 0 Å². The fraction of sp³-hybridized carbons (Fsp3) is 0.0588. The lowest BCUT2D eigenvalue weighted by Crippen LogP contribution is -2.41. The van der Waals surface area contributed by atoms with Crippen molar-refractivity contribution in [1.29, 1.82) is 0 Å². The Hall–Kier alpha value is -2.67.